The first-order valence-electron chi connectivity index (χ1n) is 10.1. The molecule has 27 heavy (non-hydrogen) atoms. The van der Waals surface area contributed by atoms with Crippen LogP contribution >= 0.6 is 0 Å². The molecule has 1 amide bonds. The highest BCUT2D eigenvalue weighted by molar-refractivity contribution is 5.75. The normalized spacial score (nSPS) is 19.6. The van der Waals surface area contributed by atoms with Crippen molar-refractivity contribution in [2.24, 2.45) is 0 Å². The van der Waals surface area contributed by atoms with E-state index in [1.165, 1.54) is 30.5 Å². The monoisotopic (exact) mass is 367 g/mol. The first-order valence-corrected chi connectivity index (χ1v) is 10.1. The highest BCUT2D eigenvalue weighted by Crippen LogP contribution is 2.26. The van der Waals surface area contributed by atoms with Crippen LogP contribution in [-0.2, 0) is 17.8 Å². The highest BCUT2D eigenvalue weighted by Gasteiger charge is 2.18. The van der Waals surface area contributed by atoms with Gasteiger partial charge in [-0.3, -0.25) is 9.48 Å². The number of fused-ring (bicyclic) bond motifs is 1. The van der Waals surface area contributed by atoms with Gasteiger partial charge in [0.2, 0.25) is 5.91 Å². The average molecular weight is 367 g/mol. The summed E-state index contributed by atoms with van der Waals surface area (Å²) in [7, 11) is 0. The second-order valence-electron chi connectivity index (χ2n) is 7.55. The van der Waals surface area contributed by atoms with Gasteiger partial charge in [0, 0.05) is 44.0 Å². The lowest BCUT2D eigenvalue weighted by Gasteiger charge is -2.31. The van der Waals surface area contributed by atoms with Gasteiger partial charge in [0.25, 0.3) is 0 Å². The maximum absolute atomic E-state index is 12.3. The second-order valence-corrected chi connectivity index (χ2v) is 7.55. The third-order valence-corrected chi connectivity index (χ3v) is 5.59. The fraction of sp³-hybridized carbons (Fsp3) is 0.524. The summed E-state index contributed by atoms with van der Waals surface area (Å²) >= 11 is 0. The number of aryl methyl sites for hydroxylation is 1. The third kappa shape index (κ3) is 4.50. The Morgan fingerprint density at radius 1 is 1.26 bits per heavy atom. The van der Waals surface area contributed by atoms with Crippen molar-refractivity contribution in [1.82, 2.24) is 20.4 Å². The molecule has 6 nitrogen and oxygen atoms in total. The largest absolute Gasteiger partial charge is 0.370 e. The number of anilines is 1. The number of benzene rings is 1. The van der Waals surface area contributed by atoms with Gasteiger partial charge in [-0.05, 0) is 49.9 Å². The van der Waals surface area contributed by atoms with Crippen molar-refractivity contribution in [3.05, 3.63) is 47.8 Å². The predicted octanol–water partition coefficient (Wildman–Crippen LogP) is 1.92. The van der Waals surface area contributed by atoms with Crippen molar-refractivity contribution in [1.29, 1.82) is 0 Å². The molecule has 0 radical (unpaired) electrons. The Bertz CT molecular complexity index is 765. The maximum atomic E-state index is 12.3. The SMILES string of the molecule is O=C(Cn1ccc(C2CCCNC2)n1)NCCN1CCCc2ccccc21. The van der Waals surface area contributed by atoms with Gasteiger partial charge in [-0.2, -0.15) is 5.10 Å². The molecule has 3 heterocycles. The minimum absolute atomic E-state index is 0.0247. The Morgan fingerprint density at radius 3 is 3.07 bits per heavy atom. The fourth-order valence-corrected chi connectivity index (χ4v) is 4.16. The van der Waals surface area contributed by atoms with Crippen molar-refractivity contribution < 1.29 is 4.79 Å². The zero-order chi connectivity index (χ0) is 18.5. The number of hydrogen-bond donors (Lipinski definition) is 2. The summed E-state index contributed by atoms with van der Waals surface area (Å²) in [6, 6.07) is 10.6. The molecule has 2 aliphatic heterocycles. The van der Waals surface area contributed by atoms with Crippen LogP contribution in [0.5, 0.6) is 0 Å². The third-order valence-electron chi connectivity index (χ3n) is 5.59. The summed E-state index contributed by atoms with van der Waals surface area (Å²) in [6.45, 7) is 4.94. The van der Waals surface area contributed by atoms with E-state index in [-0.39, 0.29) is 12.5 Å². The Labute approximate surface area is 160 Å². The van der Waals surface area contributed by atoms with Gasteiger partial charge in [0.05, 0.1) is 5.69 Å². The van der Waals surface area contributed by atoms with E-state index in [1.54, 1.807) is 4.68 Å². The number of piperidine rings is 1. The summed E-state index contributed by atoms with van der Waals surface area (Å²) in [5.41, 5.74) is 3.83. The minimum atomic E-state index is 0.0247. The molecule has 4 rings (SSSR count). The first kappa shape index (κ1) is 18.0. The van der Waals surface area contributed by atoms with E-state index in [9.17, 15) is 4.79 Å². The second kappa shape index (κ2) is 8.57. The van der Waals surface area contributed by atoms with E-state index < -0.39 is 0 Å². The lowest BCUT2D eigenvalue weighted by atomic mass is 9.97. The summed E-state index contributed by atoms with van der Waals surface area (Å²) < 4.78 is 1.76. The molecule has 1 aromatic carbocycles. The smallest absolute Gasteiger partial charge is 0.241 e. The molecule has 1 aromatic heterocycles. The van der Waals surface area contributed by atoms with Crippen LogP contribution in [0, 0.1) is 0 Å². The zero-order valence-corrected chi connectivity index (χ0v) is 15.9. The minimum Gasteiger partial charge on any atom is -0.370 e. The van der Waals surface area contributed by atoms with Crippen molar-refractivity contribution in [2.45, 2.75) is 38.1 Å². The van der Waals surface area contributed by atoms with Gasteiger partial charge in [0.1, 0.15) is 6.54 Å². The van der Waals surface area contributed by atoms with E-state index in [2.05, 4.69) is 51.0 Å². The molecule has 0 aliphatic carbocycles. The van der Waals surface area contributed by atoms with Crippen molar-refractivity contribution in [3.63, 3.8) is 0 Å². The molecule has 144 valence electrons. The van der Waals surface area contributed by atoms with Gasteiger partial charge in [-0.1, -0.05) is 18.2 Å². The van der Waals surface area contributed by atoms with Crippen LogP contribution in [0.1, 0.15) is 36.4 Å². The number of carbonyl (C=O) groups excluding carboxylic acids is 1. The van der Waals surface area contributed by atoms with E-state index >= 15 is 0 Å². The molecule has 2 N–H and O–H groups in total. The van der Waals surface area contributed by atoms with Crippen LogP contribution < -0.4 is 15.5 Å². The molecular formula is C21H29N5O. The van der Waals surface area contributed by atoms with E-state index in [0.717, 1.165) is 38.3 Å². The molecule has 2 aliphatic rings. The molecule has 6 heteroatoms. The number of carbonyl (C=O) groups is 1. The number of aromatic nitrogens is 2. The molecule has 2 aromatic rings. The molecule has 1 saturated heterocycles. The summed E-state index contributed by atoms with van der Waals surface area (Å²) in [4.78, 5) is 14.7. The number of hydrogen-bond acceptors (Lipinski definition) is 4. The molecule has 0 bridgehead atoms. The van der Waals surface area contributed by atoms with Gasteiger partial charge < -0.3 is 15.5 Å². The average Bonchev–Trinajstić information content (AvgIpc) is 3.17. The lowest BCUT2D eigenvalue weighted by Crippen LogP contribution is -2.38. The standard InChI is InChI=1S/C21H29N5O/c27-21(16-26-13-9-19(24-26)18-6-3-10-22-15-18)23-11-14-25-12-4-7-17-5-1-2-8-20(17)25/h1-2,5,8-9,13,18,22H,3-4,6-7,10-12,14-16H2,(H,23,27). The topological polar surface area (TPSA) is 62.2 Å². The van der Waals surface area contributed by atoms with Gasteiger partial charge in [-0.15, -0.1) is 0 Å². The van der Waals surface area contributed by atoms with Crippen LogP contribution in [0.15, 0.2) is 36.5 Å². The Kier molecular flexibility index (Phi) is 5.72. The van der Waals surface area contributed by atoms with E-state index in [0.29, 0.717) is 12.5 Å². The molecule has 1 unspecified atom stereocenters. The Morgan fingerprint density at radius 2 is 2.19 bits per heavy atom. The number of para-hydroxylation sites is 1. The molecule has 1 fully saturated rings. The number of rotatable bonds is 6. The predicted molar refractivity (Wildman–Crippen MR) is 107 cm³/mol. The number of nitrogens with one attached hydrogen (secondary N) is 2. The van der Waals surface area contributed by atoms with Crippen molar-refractivity contribution >= 4 is 11.6 Å². The van der Waals surface area contributed by atoms with Crippen LogP contribution in [-0.4, -0.2) is 48.4 Å². The van der Waals surface area contributed by atoms with Crippen LogP contribution in [0.4, 0.5) is 5.69 Å². The highest BCUT2D eigenvalue weighted by atomic mass is 16.2. The molecule has 0 saturated carbocycles. The maximum Gasteiger partial charge on any atom is 0.241 e. The molecule has 1 atom stereocenters. The van der Waals surface area contributed by atoms with Gasteiger partial charge in [-0.25, -0.2) is 0 Å². The van der Waals surface area contributed by atoms with Crippen molar-refractivity contribution in [3.8, 4) is 0 Å². The van der Waals surface area contributed by atoms with E-state index in [1.807, 2.05) is 6.20 Å². The fourth-order valence-electron chi connectivity index (χ4n) is 4.16. The summed E-state index contributed by atoms with van der Waals surface area (Å²) in [5.74, 6) is 0.499. The zero-order valence-electron chi connectivity index (χ0n) is 15.9. The van der Waals surface area contributed by atoms with Crippen LogP contribution in [0.25, 0.3) is 0 Å². The van der Waals surface area contributed by atoms with Crippen molar-refractivity contribution in [2.75, 3.05) is 37.6 Å². The first-order chi connectivity index (χ1) is 13.3. The molecule has 0 spiro atoms. The van der Waals surface area contributed by atoms with E-state index in [4.69, 9.17) is 0 Å². The molecular weight excluding hydrogens is 338 g/mol. The summed E-state index contributed by atoms with van der Waals surface area (Å²) in [5, 5.41) is 11.1. The van der Waals surface area contributed by atoms with Gasteiger partial charge >= 0.3 is 0 Å². The Hall–Kier alpha value is -2.34. The quantitative estimate of drug-likeness (QED) is 0.819. The van der Waals surface area contributed by atoms with Crippen LogP contribution in [0.2, 0.25) is 0 Å². The Balaban J connectivity index is 1.24. The number of nitrogens with zero attached hydrogens (tertiary/aromatic N) is 3. The van der Waals surface area contributed by atoms with Gasteiger partial charge in [0.15, 0.2) is 0 Å². The van der Waals surface area contributed by atoms with Crippen LogP contribution in [0.3, 0.4) is 0 Å². The summed E-state index contributed by atoms with van der Waals surface area (Å²) in [6.07, 6.45) is 6.61. The number of amides is 1. The lowest BCUT2D eigenvalue weighted by molar-refractivity contribution is -0.121.